The van der Waals surface area contributed by atoms with Crippen molar-refractivity contribution >= 4 is 40.8 Å². The second-order valence-corrected chi connectivity index (χ2v) is 8.48. The predicted octanol–water partition coefficient (Wildman–Crippen LogP) is 6.83. The lowest BCUT2D eigenvalue weighted by atomic mass is 10.1. The average Bonchev–Trinajstić information content (AvgIpc) is 3.35. The molecule has 2 N–H and O–H groups in total. The lowest BCUT2D eigenvalue weighted by Crippen LogP contribution is -2.25. The predicted molar refractivity (Wildman–Crippen MR) is 137 cm³/mol. The fourth-order valence-electron chi connectivity index (χ4n) is 3.23. The zero-order valence-corrected chi connectivity index (χ0v) is 20.8. The van der Waals surface area contributed by atoms with Crippen LogP contribution >= 0.6 is 23.8 Å². The Balaban J connectivity index is 1.37. The summed E-state index contributed by atoms with van der Waals surface area (Å²) in [6.45, 7) is 0. The largest absolute Gasteiger partial charge is 0.573 e. The van der Waals surface area contributed by atoms with Crippen molar-refractivity contribution in [2.24, 2.45) is 5.10 Å². The number of alkyl halides is 6. The maximum Gasteiger partial charge on any atom is 0.573 e. The highest BCUT2D eigenvalue weighted by Crippen LogP contribution is 2.38. The fourth-order valence-corrected chi connectivity index (χ4v) is 3.61. The van der Waals surface area contributed by atoms with E-state index in [0.29, 0.717) is 22.6 Å². The summed E-state index contributed by atoms with van der Waals surface area (Å²) in [7, 11) is 0. The van der Waals surface area contributed by atoms with E-state index in [0.717, 1.165) is 18.2 Å². The van der Waals surface area contributed by atoms with Crippen molar-refractivity contribution in [1.29, 1.82) is 0 Å². The van der Waals surface area contributed by atoms with Crippen molar-refractivity contribution in [2.45, 2.75) is 12.5 Å². The van der Waals surface area contributed by atoms with Crippen molar-refractivity contribution in [3.8, 4) is 22.8 Å². The van der Waals surface area contributed by atoms with Gasteiger partial charge in [0.1, 0.15) is 12.1 Å². The van der Waals surface area contributed by atoms with Gasteiger partial charge < -0.3 is 10.1 Å². The lowest BCUT2D eigenvalue weighted by molar-refractivity contribution is -0.274. The molecule has 0 aliphatic rings. The molecule has 0 bridgehead atoms. The van der Waals surface area contributed by atoms with Gasteiger partial charge in [-0.3, -0.25) is 5.43 Å². The topological polar surface area (TPSA) is 76.4 Å². The molecule has 4 rings (SSSR count). The fraction of sp³-hybridized carbons (Fsp3) is 0.0833. The smallest absolute Gasteiger partial charge is 0.406 e. The van der Waals surface area contributed by atoms with Gasteiger partial charge in [-0.2, -0.15) is 18.3 Å². The lowest BCUT2D eigenvalue weighted by Gasteiger charge is -2.15. The molecule has 1 aromatic heterocycles. The van der Waals surface area contributed by atoms with Crippen LogP contribution < -0.4 is 15.5 Å². The number of rotatable bonds is 6. The number of aromatic nitrogens is 3. The number of para-hydroxylation sites is 1. The molecule has 0 spiro atoms. The summed E-state index contributed by atoms with van der Waals surface area (Å²) in [4.78, 5) is 4.21. The second-order valence-electron chi connectivity index (χ2n) is 7.66. The molecule has 15 heteroatoms. The molecule has 0 aliphatic heterocycles. The van der Waals surface area contributed by atoms with Crippen molar-refractivity contribution in [1.82, 2.24) is 20.2 Å². The minimum atomic E-state index is -4.78. The molecule has 1 heterocycles. The first-order valence-electron chi connectivity index (χ1n) is 10.7. The number of nitrogens with zero attached hydrogens (tertiary/aromatic N) is 4. The molecule has 39 heavy (non-hydrogen) atoms. The maximum atomic E-state index is 13.2. The van der Waals surface area contributed by atoms with E-state index < -0.39 is 18.1 Å². The van der Waals surface area contributed by atoms with Crippen LogP contribution in [0.3, 0.4) is 0 Å². The third kappa shape index (κ3) is 7.45. The Hall–Kier alpha value is -4.17. The third-order valence-electron chi connectivity index (χ3n) is 4.93. The van der Waals surface area contributed by atoms with Gasteiger partial charge in [-0.25, -0.2) is 9.67 Å². The quantitative estimate of drug-likeness (QED) is 0.112. The highest BCUT2D eigenvalue weighted by atomic mass is 35.5. The Labute approximate surface area is 227 Å². The Morgan fingerprint density at radius 1 is 0.974 bits per heavy atom. The van der Waals surface area contributed by atoms with E-state index in [4.69, 9.17) is 23.8 Å². The first-order valence-corrected chi connectivity index (χ1v) is 11.5. The minimum absolute atomic E-state index is 0.155. The standard InChI is InChI=1S/C24H15ClF6N6OS/c25-19-3-1-2-18(23(26,27)28)20(19)34-22(39)35-33-12-14-4-6-15(7-5-14)21-32-13-37(36-21)16-8-10-17(11-9-16)38-24(29,30)31/h1-13H,(H2,34,35,39)/b33-12+. The second kappa shape index (κ2) is 11.3. The van der Waals surface area contributed by atoms with Crippen LogP contribution in [-0.2, 0) is 6.18 Å². The van der Waals surface area contributed by atoms with Gasteiger partial charge in [-0.15, -0.1) is 18.3 Å². The van der Waals surface area contributed by atoms with Gasteiger partial charge >= 0.3 is 12.5 Å². The summed E-state index contributed by atoms with van der Waals surface area (Å²) in [5.74, 6) is 0.00242. The molecule has 4 aromatic rings. The van der Waals surface area contributed by atoms with E-state index in [1.54, 1.807) is 24.3 Å². The van der Waals surface area contributed by atoms with E-state index in [-0.39, 0.29) is 21.6 Å². The van der Waals surface area contributed by atoms with Gasteiger partial charge in [0.2, 0.25) is 0 Å². The Morgan fingerprint density at radius 2 is 1.67 bits per heavy atom. The molecule has 0 saturated heterocycles. The van der Waals surface area contributed by atoms with Crippen LogP contribution in [0.25, 0.3) is 17.1 Å². The number of thiocarbonyl (C=S) groups is 1. The maximum absolute atomic E-state index is 13.2. The van der Waals surface area contributed by atoms with Gasteiger partial charge in [-0.1, -0.05) is 41.9 Å². The molecule has 0 atom stereocenters. The summed E-state index contributed by atoms with van der Waals surface area (Å²) in [6, 6.07) is 15.3. The van der Waals surface area contributed by atoms with Crippen LogP contribution in [-0.4, -0.2) is 32.5 Å². The van der Waals surface area contributed by atoms with Gasteiger partial charge in [0.15, 0.2) is 10.9 Å². The van der Waals surface area contributed by atoms with Crippen LogP contribution in [0.4, 0.5) is 32.0 Å². The zero-order valence-electron chi connectivity index (χ0n) is 19.3. The number of hydrogen-bond donors (Lipinski definition) is 2. The first kappa shape index (κ1) is 27.9. The molecule has 3 aromatic carbocycles. The number of nitrogens with one attached hydrogen (secondary N) is 2. The van der Waals surface area contributed by atoms with Crippen LogP contribution in [0.5, 0.6) is 5.75 Å². The summed E-state index contributed by atoms with van der Waals surface area (Å²) < 4.78 is 81.9. The first-order chi connectivity index (χ1) is 18.4. The summed E-state index contributed by atoms with van der Waals surface area (Å²) >= 11 is 10.9. The zero-order chi connectivity index (χ0) is 28.2. The highest BCUT2D eigenvalue weighted by molar-refractivity contribution is 7.80. The third-order valence-corrected chi connectivity index (χ3v) is 5.44. The van der Waals surface area contributed by atoms with Gasteiger partial charge in [0.05, 0.1) is 28.2 Å². The van der Waals surface area contributed by atoms with Crippen LogP contribution in [0.2, 0.25) is 5.02 Å². The van der Waals surface area contributed by atoms with E-state index in [1.807, 2.05) is 0 Å². The van der Waals surface area contributed by atoms with Gasteiger partial charge in [0.25, 0.3) is 0 Å². The average molecular weight is 585 g/mol. The number of hydrogen-bond acceptors (Lipinski definition) is 5. The van der Waals surface area contributed by atoms with Gasteiger partial charge in [0, 0.05) is 5.56 Å². The van der Waals surface area contributed by atoms with Crippen LogP contribution in [0, 0.1) is 0 Å². The number of halogens is 7. The van der Waals surface area contributed by atoms with Crippen LogP contribution in [0.15, 0.2) is 78.2 Å². The molecule has 0 aliphatic carbocycles. The van der Waals surface area contributed by atoms with Crippen molar-refractivity contribution in [3.05, 3.63) is 89.2 Å². The van der Waals surface area contributed by atoms with Crippen molar-refractivity contribution in [2.75, 3.05) is 5.32 Å². The summed E-state index contributed by atoms with van der Waals surface area (Å²) in [5, 5.41) is 10.3. The SMILES string of the molecule is FC(F)(F)Oc1ccc(-n2cnc(-c3ccc(/C=N/NC(=S)Nc4c(Cl)cccc4C(F)(F)F)cc3)n2)cc1. The normalized spacial score (nSPS) is 12.0. The molecule has 0 unspecified atom stereocenters. The molecule has 0 fully saturated rings. The molecule has 0 radical (unpaired) electrons. The molecular weight excluding hydrogens is 570 g/mol. The van der Waals surface area contributed by atoms with E-state index in [2.05, 4.69) is 30.7 Å². The number of hydrazone groups is 1. The molecule has 0 saturated carbocycles. The molecular formula is C24H15ClF6N6OS. The monoisotopic (exact) mass is 584 g/mol. The molecule has 7 nitrogen and oxygen atoms in total. The van der Waals surface area contributed by atoms with Crippen molar-refractivity contribution in [3.63, 3.8) is 0 Å². The summed E-state index contributed by atoms with van der Waals surface area (Å²) in [5.41, 5.74) is 2.82. The minimum Gasteiger partial charge on any atom is -0.406 e. The number of anilines is 1. The Kier molecular flexibility index (Phi) is 8.06. The summed E-state index contributed by atoms with van der Waals surface area (Å²) in [6.07, 6.45) is -6.61. The highest BCUT2D eigenvalue weighted by Gasteiger charge is 2.34. The van der Waals surface area contributed by atoms with E-state index in [9.17, 15) is 26.3 Å². The van der Waals surface area contributed by atoms with Crippen LogP contribution in [0.1, 0.15) is 11.1 Å². The molecule has 0 amide bonds. The number of benzene rings is 3. The van der Waals surface area contributed by atoms with E-state index >= 15 is 0 Å². The van der Waals surface area contributed by atoms with Gasteiger partial charge in [-0.05, 0) is 54.2 Å². The van der Waals surface area contributed by atoms with E-state index in [1.165, 1.54) is 41.5 Å². The van der Waals surface area contributed by atoms with Crippen molar-refractivity contribution < 1.29 is 31.1 Å². The Morgan fingerprint density at radius 3 is 2.31 bits per heavy atom. The Bertz CT molecular complexity index is 1490. The number of ether oxygens (including phenoxy) is 1. The molecule has 202 valence electrons.